The minimum absolute atomic E-state index is 0.418. The van der Waals surface area contributed by atoms with Crippen LogP contribution in [0.2, 0.25) is 0 Å². The number of aliphatic hydroxyl groups excluding tert-OH is 1. The maximum absolute atomic E-state index is 12.2. The van der Waals surface area contributed by atoms with Gasteiger partial charge in [0.25, 0.3) is 0 Å². The molecule has 1 unspecified atom stereocenters. The molecule has 2 aromatic carbocycles. The van der Waals surface area contributed by atoms with E-state index in [0.717, 1.165) is 11.1 Å². The number of halogens is 3. The Morgan fingerprint density at radius 3 is 1.89 bits per heavy atom. The van der Waals surface area contributed by atoms with E-state index in [9.17, 15) is 13.2 Å². The summed E-state index contributed by atoms with van der Waals surface area (Å²) in [7, 11) is 0. The molecule has 0 heterocycles. The molecule has 1 atom stereocenters. The molecule has 0 aliphatic rings. The Hall–Kier alpha value is -1.81. The number of hydrogen-bond donors (Lipinski definition) is 1. The van der Waals surface area contributed by atoms with Crippen LogP contribution in [0, 0.1) is 0 Å². The fourth-order valence-corrected chi connectivity index (χ4v) is 1.80. The molecule has 0 amide bonds. The van der Waals surface area contributed by atoms with Gasteiger partial charge in [-0.1, -0.05) is 54.6 Å². The van der Waals surface area contributed by atoms with Crippen molar-refractivity contribution in [2.45, 2.75) is 18.7 Å². The predicted molar refractivity (Wildman–Crippen MR) is 67.6 cm³/mol. The summed E-state index contributed by atoms with van der Waals surface area (Å²) in [6.07, 6.45) is -7.30. The monoisotopic (exact) mass is 266 g/mol. The molecule has 0 bridgehead atoms. The lowest BCUT2D eigenvalue weighted by atomic mass is 10.0. The molecule has 0 spiro atoms. The summed E-state index contributed by atoms with van der Waals surface area (Å²) < 4.78 is 36.7. The molecule has 19 heavy (non-hydrogen) atoms. The number of rotatable bonds is 3. The first kappa shape index (κ1) is 13.6. The molecule has 1 N–H and O–H groups in total. The SMILES string of the molecule is OC(Cc1ccc(-c2ccccc2)cc1)C(F)(F)F. The number of aliphatic hydroxyl groups is 1. The Kier molecular flexibility index (Phi) is 3.90. The van der Waals surface area contributed by atoms with Crippen molar-refractivity contribution in [3.63, 3.8) is 0 Å². The summed E-state index contributed by atoms with van der Waals surface area (Å²) >= 11 is 0. The first-order chi connectivity index (χ1) is 8.97. The second-order valence-electron chi connectivity index (χ2n) is 4.32. The number of hydrogen-bond acceptors (Lipinski definition) is 1. The minimum atomic E-state index is -4.57. The van der Waals surface area contributed by atoms with E-state index in [0.29, 0.717) is 5.56 Å². The topological polar surface area (TPSA) is 20.2 Å². The van der Waals surface area contributed by atoms with Crippen LogP contribution in [0.5, 0.6) is 0 Å². The fourth-order valence-electron chi connectivity index (χ4n) is 1.80. The molecular formula is C15H13F3O. The number of alkyl halides is 3. The Morgan fingerprint density at radius 2 is 1.37 bits per heavy atom. The van der Waals surface area contributed by atoms with E-state index in [1.54, 1.807) is 24.3 Å². The van der Waals surface area contributed by atoms with Crippen LogP contribution in [0.15, 0.2) is 54.6 Å². The van der Waals surface area contributed by atoms with Gasteiger partial charge in [0.05, 0.1) is 0 Å². The molecule has 2 aromatic rings. The van der Waals surface area contributed by atoms with Crippen LogP contribution >= 0.6 is 0 Å². The van der Waals surface area contributed by atoms with Crippen molar-refractivity contribution in [2.24, 2.45) is 0 Å². The molecular weight excluding hydrogens is 253 g/mol. The average molecular weight is 266 g/mol. The van der Waals surface area contributed by atoms with Crippen LogP contribution < -0.4 is 0 Å². The zero-order valence-corrected chi connectivity index (χ0v) is 10.1. The molecule has 0 saturated heterocycles. The van der Waals surface area contributed by atoms with Crippen molar-refractivity contribution in [1.29, 1.82) is 0 Å². The summed E-state index contributed by atoms with van der Waals surface area (Å²) in [6, 6.07) is 16.3. The van der Waals surface area contributed by atoms with Gasteiger partial charge in [-0.2, -0.15) is 13.2 Å². The third kappa shape index (κ3) is 3.58. The van der Waals surface area contributed by atoms with Crippen LogP contribution in [0.1, 0.15) is 5.56 Å². The Labute approximate surface area is 109 Å². The predicted octanol–water partition coefficient (Wildman–Crippen LogP) is 3.82. The van der Waals surface area contributed by atoms with Crippen LogP contribution in [0.3, 0.4) is 0 Å². The maximum atomic E-state index is 12.2. The molecule has 0 aromatic heterocycles. The van der Waals surface area contributed by atoms with Gasteiger partial charge >= 0.3 is 6.18 Å². The van der Waals surface area contributed by atoms with E-state index < -0.39 is 18.7 Å². The summed E-state index contributed by atoms with van der Waals surface area (Å²) in [4.78, 5) is 0. The summed E-state index contributed by atoms with van der Waals surface area (Å²) in [5, 5.41) is 9.00. The van der Waals surface area contributed by atoms with Gasteiger partial charge in [-0.3, -0.25) is 0 Å². The third-order valence-electron chi connectivity index (χ3n) is 2.87. The van der Waals surface area contributed by atoms with Gasteiger partial charge < -0.3 is 5.11 Å². The quantitative estimate of drug-likeness (QED) is 0.895. The molecule has 0 radical (unpaired) electrons. The van der Waals surface area contributed by atoms with Crippen LogP contribution in [-0.4, -0.2) is 17.4 Å². The average Bonchev–Trinajstić information content (AvgIpc) is 2.39. The highest BCUT2D eigenvalue weighted by molar-refractivity contribution is 5.63. The van der Waals surface area contributed by atoms with E-state index in [1.165, 1.54) is 0 Å². The smallest absolute Gasteiger partial charge is 0.383 e. The van der Waals surface area contributed by atoms with Crippen LogP contribution in [0.4, 0.5) is 13.2 Å². The second-order valence-corrected chi connectivity index (χ2v) is 4.32. The fraction of sp³-hybridized carbons (Fsp3) is 0.200. The highest BCUT2D eigenvalue weighted by Crippen LogP contribution is 2.24. The van der Waals surface area contributed by atoms with Gasteiger partial charge in [-0.25, -0.2) is 0 Å². The second kappa shape index (κ2) is 5.45. The molecule has 0 aliphatic carbocycles. The van der Waals surface area contributed by atoms with Crippen molar-refractivity contribution in [3.05, 3.63) is 60.2 Å². The summed E-state index contributed by atoms with van der Waals surface area (Å²) in [5.41, 5.74) is 2.40. The lowest BCUT2D eigenvalue weighted by molar-refractivity contribution is -0.203. The van der Waals surface area contributed by atoms with E-state index in [1.807, 2.05) is 30.3 Å². The van der Waals surface area contributed by atoms with Crippen LogP contribution in [-0.2, 0) is 6.42 Å². The molecule has 4 heteroatoms. The Bertz CT molecular complexity index is 517. The lowest BCUT2D eigenvalue weighted by Crippen LogP contribution is -2.30. The van der Waals surface area contributed by atoms with Gasteiger partial charge in [0.15, 0.2) is 6.10 Å². The van der Waals surface area contributed by atoms with Crippen molar-refractivity contribution in [3.8, 4) is 11.1 Å². The van der Waals surface area contributed by atoms with E-state index in [2.05, 4.69) is 0 Å². The summed E-state index contributed by atoms with van der Waals surface area (Å²) in [6.45, 7) is 0. The van der Waals surface area contributed by atoms with Gasteiger partial charge in [-0.05, 0) is 16.7 Å². The Morgan fingerprint density at radius 1 is 0.842 bits per heavy atom. The number of benzene rings is 2. The highest BCUT2D eigenvalue weighted by Gasteiger charge is 2.37. The third-order valence-corrected chi connectivity index (χ3v) is 2.87. The lowest BCUT2D eigenvalue weighted by Gasteiger charge is -2.14. The van der Waals surface area contributed by atoms with Gasteiger partial charge in [0.1, 0.15) is 0 Å². The normalized spacial score (nSPS) is 13.3. The first-order valence-corrected chi connectivity index (χ1v) is 5.86. The van der Waals surface area contributed by atoms with Crippen molar-refractivity contribution >= 4 is 0 Å². The van der Waals surface area contributed by atoms with E-state index in [4.69, 9.17) is 5.11 Å². The Balaban J connectivity index is 2.11. The highest BCUT2D eigenvalue weighted by atomic mass is 19.4. The van der Waals surface area contributed by atoms with Crippen molar-refractivity contribution < 1.29 is 18.3 Å². The van der Waals surface area contributed by atoms with Gasteiger partial charge in [0, 0.05) is 6.42 Å². The standard InChI is InChI=1S/C15H13F3O/c16-15(17,18)14(19)10-11-6-8-13(9-7-11)12-4-2-1-3-5-12/h1-9,14,19H,10H2. The molecule has 0 fully saturated rings. The van der Waals surface area contributed by atoms with Crippen molar-refractivity contribution in [2.75, 3.05) is 0 Å². The van der Waals surface area contributed by atoms with Crippen LogP contribution in [0.25, 0.3) is 11.1 Å². The zero-order valence-electron chi connectivity index (χ0n) is 10.1. The summed E-state index contributed by atoms with van der Waals surface area (Å²) in [5.74, 6) is 0. The van der Waals surface area contributed by atoms with Gasteiger partial charge in [-0.15, -0.1) is 0 Å². The van der Waals surface area contributed by atoms with E-state index >= 15 is 0 Å². The van der Waals surface area contributed by atoms with Gasteiger partial charge in [0.2, 0.25) is 0 Å². The molecule has 2 rings (SSSR count). The maximum Gasteiger partial charge on any atom is 0.414 e. The van der Waals surface area contributed by atoms with Crippen molar-refractivity contribution in [1.82, 2.24) is 0 Å². The molecule has 1 nitrogen and oxygen atoms in total. The zero-order chi connectivity index (χ0) is 13.9. The largest absolute Gasteiger partial charge is 0.414 e. The van der Waals surface area contributed by atoms with E-state index in [-0.39, 0.29) is 0 Å². The first-order valence-electron chi connectivity index (χ1n) is 5.86. The molecule has 0 saturated carbocycles. The minimum Gasteiger partial charge on any atom is -0.383 e. The molecule has 0 aliphatic heterocycles. The molecule has 100 valence electrons.